The number of hydrogen-bond donors (Lipinski definition) is 1. The van der Waals surface area contributed by atoms with Crippen LogP contribution in [0.15, 0.2) is 24.3 Å². The van der Waals surface area contributed by atoms with Gasteiger partial charge in [-0.25, -0.2) is 0 Å². The predicted octanol–water partition coefficient (Wildman–Crippen LogP) is 2.77. The summed E-state index contributed by atoms with van der Waals surface area (Å²) < 4.78 is 0. The molecule has 4 heteroatoms. The Bertz CT molecular complexity index is 525. The molecule has 1 aliphatic heterocycles. The average Bonchev–Trinajstić information content (AvgIpc) is 2.47. The van der Waals surface area contributed by atoms with E-state index in [9.17, 15) is 14.7 Å². The molecule has 1 amide bonds. The molecule has 0 aromatic heterocycles. The number of likely N-dealkylation sites (tertiary alicyclic amines) is 1. The topological polar surface area (TPSA) is 57.6 Å². The first-order valence-corrected chi connectivity index (χ1v) is 7.46. The van der Waals surface area contributed by atoms with E-state index >= 15 is 0 Å². The van der Waals surface area contributed by atoms with Crippen LogP contribution in [0.2, 0.25) is 0 Å². The van der Waals surface area contributed by atoms with Gasteiger partial charge in [0, 0.05) is 20.0 Å². The van der Waals surface area contributed by atoms with Crippen LogP contribution in [-0.2, 0) is 15.0 Å². The molecule has 0 atom stereocenters. The van der Waals surface area contributed by atoms with Gasteiger partial charge in [0.25, 0.3) is 0 Å². The lowest BCUT2D eigenvalue weighted by Gasteiger charge is -2.39. The number of hydrogen-bond acceptors (Lipinski definition) is 2. The standard InChI is InChI=1S/C17H23NO3/c1-12(2)14-4-6-15(7-5-14)17(16(20)21)8-10-18(11-9-17)13(3)19/h4-7,12H,8-11H2,1-3H3,(H,20,21). The molecule has 1 heterocycles. The molecule has 1 aromatic rings. The Balaban J connectivity index is 2.27. The summed E-state index contributed by atoms with van der Waals surface area (Å²) in [6.07, 6.45) is 0.950. The lowest BCUT2D eigenvalue weighted by molar-refractivity contribution is -0.148. The molecule has 21 heavy (non-hydrogen) atoms. The number of amides is 1. The molecule has 1 N–H and O–H groups in total. The number of benzene rings is 1. The quantitative estimate of drug-likeness (QED) is 0.931. The van der Waals surface area contributed by atoms with E-state index in [1.54, 1.807) is 4.90 Å². The number of carbonyl (C=O) groups excluding carboxylic acids is 1. The van der Waals surface area contributed by atoms with Gasteiger partial charge < -0.3 is 10.0 Å². The highest BCUT2D eigenvalue weighted by atomic mass is 16.4. The molecule has 1 saturated heterocycles. The van der Waals surface area contributed by atoms with Gasteiger partial charge in [0.1, 0.15) is 0 Å². The number of carboxylic acid groups (broad SMARTS) is 1. The summed E-state index contributed by atoms with van der Waals surface area (Å²) >= 11 is 0. The minimum absolute atomic E-state index is 0.0177. The minimum atomic E-state index is -0.860. The van der Waals surface area contributed by atoms with Crippen molar-refractivity contribution in [3.63, 3.8) is 0 Å². The highest BCUT2D eigenvalue weighted by molar-refractivity contribution is 5.82. The minimum Gasteiger partial charge on any atom is -0.481 e. The molecule has 0 unspecified atom stereocenters. The molecule has 0 saturated carbocycles. The second-order valence-corrected chi connectivity index (χ2v) is 6.17. The van der Waals surface area contributed by atoms with E-state index in [-0.39, 0.29) is 5.91 Å². The van der Waals surface area contributed by atoms with Crippen LogP contribution in [0, 0.1) is 0 Å². The maximum atomic E-state index is 11.9. The van der Waals surface area contributed by atoms with Crippen LogP contribution in [0.1, 0.15) is 50.7 Å². The fraction of sp³-hybridized carbons (Fsp3) is 0.529. The van der Waals surface area contributed by atoms with Crippen LogP contribution < -0.4 is 0 Å². The monoisotopic (exact) mass is 289 g/mol. The highest BCUT2D eigenvalue weighted by Gasteiger charge is 2.43. The third-order valence-corrected chi connectivity index (χ3v) is 4.60. The normalized spacial score (nSPS) is 17.8. The summed E-state index contributed by atoms with van der Waals surface area (Å²) in [6.45, 7) is 6.78. The van der Waals surface area contributed by atoms with Gasteiger partial charge in [-0.3, -0.25) is 9.59 Å². The zero-order valence-corrected chi connectivity index (χ0v) is 12.9. The SMILES string of the molecule is CC(=O)N1CCC(C(=O)O)(c2ccc(C(C)C)cc2)CC1. The second kappa shape index (κ2) is 5.88. The lowest BCUT2D eigenvalue weighted by atomic mass is 9.72. The Morgan fingerprint density at radius 2 is 1.67 bits per heavy atom. The van der Waals surface area contributed by atoms with E-state index in [4.69, 9.17) is 0 Å². The fourth-order valence-electron chi connectivity index (χ4n) is 3.02. The Hall–Kier alpha value is -1.84. The summed E-state index contributed by atoms with van der Waals surface area (Å²) in [6, 6.07) is 7.91. The zero-order valence-electron chi connectivity index (χ0n) is 12.9. The summed E-state index contributed by atoms with van der Waals surface area (Å²) in [5.74, 6) is -0.341. The molecule has 1 aromatic carbocycles. The van der Waals surface area contributed by atoms with E-state index < -0.39 is 11.4 Å². The number of carbonyl (C=O) groups is 2. The molecule has 4 nitrogen and oxygen atoms in total. The Labute approximate surface area is 125 Å². The number of aliphatic carboxylic acids is 1. The third kappa shape index (κ3) is 2.94. The van der Waals surface area contributed by atoms with Crippen LogP contribution in [0.3, 0.4) is 0 Å². The van der Waals surface area contributed by atoms with Gasteiger partial charge in [0.15, 0.2) is 0 Å². The Morgan fingerprint density at radius 3 is 2.05 bits per heavy atom. The predicted molar refractivity (Wildman–Crippen MR) is 81.3 cm³/mol. The van der Waals surface area contributed by atoms with Gasteiger partial charge in [0.05, 0.1) is 5.41 Å². The molecule has 0 bridgehead atoms. The summed E-state index contributed by atoms with van der Waals surface area (Å²) in [5.41, 5.74) is 1.20. The maximum Gasteiger partial charge on any atom is 0.314 e. The molecular weight excluding hydrogens is 266 g/mol. The number of carboxylic acids is 1. The van der Waals surface area contributed by atoms with Gasteiger partial charge in [-0.2, -0.15) is 0 Å². The van der Waals surface area contributed by atoms with Crippen molar-refractivity contribution in [3.8, 4) is 0 Å². The summed E-state index contributed by atoms with van der Waals surface area (Å²) in [5, 5.41) is 9.74. The molecule has 1 fully saturated rings. The van der Waals surface area contributed by atoms with Crippen LogP contribution in [0.25, 0.3) is 0 Å². The second-order valence-electron chi connectivity index (χ2n) is 6.17. The largest absolute Gasteiger partial charge is 0.481 e. The molecule has 0 aliphatic carbocycles. The van der Waals surface area contributed by atoms with Crippen molar-refractivity contribution in [3.05, 3.63) is 35.4 Å². The maximum absolute atomic E-state index is 11.9. The Kier molecular flexibility index (Phi) is 4.35. The van der Waals surface area contributed by atoms with Crippen molar-refractivity contribution in [1.29, 1.82) is 0 Å². The highest BCUT2D eigenvalue weighted by Crippen LogP contribution is 2.36. The lowest BCUT2D eigenvalue weighted by Crippen LogP contribution is -2.48. The molecule has 114 valence electrons. The summed E-state index contributed by atoms with van der Waals surface area (Å²) in [4.78, 5) is 25.0. The molecule has 0 radical (unpaired) electrons. The molecule has 1 aliphatic rings. The fourth-order valence-corrected chi connectivity index (χ4v) is 3.02. The Morgan fingerprint density at radius 1 is 1.14 bits per heavy atom. The van der Waals surface area contributed by atoms with Gasteiger partial charge >= 0.3 is 5.97 Å². The van der Waals surface area contributed by atoms with E-state index in [1.807, 2.05) is 24.3 Å². The smallest absolute Gasteiger partial charge is 0.314 e. The van der Waals surface area contributed by atoms with E-state index in [0.29, 0.717) is 31.8 Å². The van der Waals surface area contributed by atoms with E-state index in [0.717, 1.165) is 5.56 Å². The van der Waals surface area contributed by atoms with Gasteiger partial charge in [0.2, 0.25) is 5.91 Å². The van der Waals surface area contributed by atoms with Gasteiger partial charge in [-0.15, -0.1) is 0 Å². The van der Waals surface area contributed by atoms with Crippen LogP contribution in [0.5, 0.6) is 0 Å². The first-order chi connectivity index (χ1) is 9.86. The van der Waals surface area contributed by atoms with E-state index in [2.05, 4.69) is 13.8 Å². The number of nitrogens with zero attached hydrogens (tertiary/aromatic N) is 1. The van der Waals surface area contributed by atoms with Crippen molar-refractivity contribution in [2.45, 2.75) is 44.9 Å². The zero-order chi connectivity index (χ0) is 15.6. The van der Waals surface area contributed by atoms with Crippen molar-refractivity contribution in [2.24, 2.45) is 0 Å². The van der Waals surface area contributed by atoms with Crippen molar-refractivity contribution in [1.82, 2.24) is 4.90 Å². The summed E-state index contributed by atoms with van der Waals surface area (Å²) in [7, 11) is 0. The third-order valence-electron chi connectivity index (χ3n) is 4.60. The average molecular weight is 289 g/mol. The first kappa shape index (κ1) is 15.5. The van der Waals surface area contributed by atoms with Crippen molar-refractivity contribution >= 4 is 11.9 Å². The molecular formula is C17H23NO3. The number of rotatable bonds is 3. The number of piperidine rings is 1. The van der Waals surface area contributed by atoms with Crippen molar-refractivity contribution in [2.75, 3.05) is 13.1 Å². The van der Waals surface area contributed by atoms with Crippen LogP contribution in [0.4, 0.5) is 0 Å². The first-order valence-electron chi connectivity index (χ1n) is 7.46. The van der Waals surface area contributed by atoms with Crippen LogP contribution in [-0.4, -0.2) is 35.0 Å². The van der Waals surface area contributed by atoms with Crippen molar-refractivity contribution < 1.29 is 14.7 Å². The van der Waals surface area contributed by atoms with Gasteiger partial charge in [-0.1, -0.05) is 38.1 Å². The van der Waals surface area contributed by atoms with E-state index in [1.165, 1.54) is 12.5 Å². The molecule has 0 spiro atoms. The van der Waals surface area contributed by atoms with Crippen LogP contribution >= 0.6 is 0 Å². The molecule has 2 rings (SSSR count). The van der Waals surface area contributed by atoms with Gasteiger partial charge in [-0.05, 0) is 29.9 Å².